The van der Waals surface area contributed by atoms with Gasteiger partial charge in [-0.1, -0.05) is 6.92 Å². The molecule has 0 aromatic carbocycles. The van der Waals surface area contributed by atoms with Gasteiger partial charge in [0.15, 0.2) is 0 Å². The molecule has 1 heterocycles. The predicted octanol–water partition coefficient (Wildman–Crippen LogP) is 1.11. The second kappa shape index (κ2) is 7.71. The Kier molecular flexibility index (Phi) is 6.60. The van der Waals surface area contributed by atoms with E-state index >= 15 is 0 Å². The van der Waals surface area contributed by atoms with Crippen LogP contribution in [0.25, 0.3) is 0 Å². The molecule has 0 amide bonds. The summed E-state index contributed by atoms with van der Waals surface area (Å²) in [4.78, 5) is 11.8. The van der Waals surface area contributed by atoms with Crippen LogP contribution in [0.2, 0.25) is 0 Å². The van der Waals surface area contributed by atoms with Gasteiger partial charge in [0.05, 0.1) is 19.8 Å². The van der Waals surface area contributed by atoms with Gasteiger partial charge in [-0.2, -0.15) is 0 Å². The molecule has 2 unspecified atom stereocenters. The molecule has 1 N–H and O–H groups in total. The maximum atomic E-state index is 11.8. The molecule has 5 heteroatoms. The molecule has 0 aliphatic carbocycles. The van der Waals surface area contributed by atoms with E-state index in [9.17, 15) is 4.79 Å². The number of hydrogen-bond donors (Lipinski definition) is 1. The Morgan fingerprint density at radius 1 is 1.56 bits per heavy atom. The van der Waals surface area contributed by atoms with Crippen LogP contribution in [0.15, 0.2) is 0 Å². The number of esters is 1. The van der Waals surface area contributed by atoms with E-state index in [4.69, 9.17) is 14.2 Å². The van der Waals surface area contributed by atoms with E-state index in [2.05, 4.69) is 12.2 Å². The third-order valence-corrected chi connectivity index (χ3v) is 3.24. The van der Waals surface area contributed by atoms with E-state index in [-0.39, 0.29) is 12.1 Å². The number of rotatable bonds is 8. The Balaban J connectivity index is 2.37. The van der Waals surface area contributed by atoms with Gasteiger partial charge in [-0.05, 0) is 32.7 Å². The SMILES string of the molecule is CCCNC(C)(CCOC1CCOC1)C(=O)OC. The fourth-order valence-corrected chi connectivity index (χ4v) is 1.96. The average Bonchev–Trinajstić information content (AvgIpc) is 2.88. The predicted molar refractivity (Wildman–Crippen MR) is 68.5 cm³/mol. The normalized spacial score (nSPS) is 22.7. The van der Waals surface area contributed by atoms with Gasteiger partial charge in [0.2, 0.25) is 0 Å². The molecule has 0 aromatic heterocycles. The molecule has 0 aromatic rings. The van der Waals surface area contributed by atoms with Crippen molar-refractivity contribution in [3.8, 4) is 0 Å². The lowest BCUT2D eigenvalue weighted by Gasteiger charge is -2.28. The molecule has 0 saturated carbocycles. The monoisotopic (exact) mass is 259 g/mol. The standard InChI is InChI=1S/C13H25NO4/c1-4-7-14-13(2,12(15)16-3)6-9-18-11-5-8-17-10-11/h11,14H,4-10H2,1-3H3. The van der Waals surface area contributed by atoms with Crippen molar-refractivity contribution in [3.63, 3.8) is 0 Å². The van der Waals surface area contributed by atoms with E-state index in [1.807, 2.05) is 6.92 Å². The number of carbonyl (C=O) groups excluding carboxylic acids is 1. The summed E-state index contributed by atoms with van der Waals surface area (Å²) in [6.45, 7) is 6.69. The summed E-state index contributed by atoms with van der Waals surface area (Å²) in [5.74, 6) is -0.234. The van der Waals surface area contributed by atoms with Gasteiger partial charge in [-0.25, -0.2) is 0 Å². The minimum Gasteiger partial charge on any atom is -0.468 e. The molecular weight excluding hydrogens is 234 g/mol. The number of nitrogens with one attached hydrogen (secondary N) is 1. The number of carbonyl (C=O) groups is 1. The van der Waals surface area contributed by atoms with Crippen molar-refractivity contribution in [3.05, 3.63) is 0 Å². The van der Waals surface area contributed by atoms with Gasteiger partial charge in [-0.3, -0.25) is 4.79 Å². The van der Waals surface area contributed by atoms with E-state index < -0.39 is 5.54 Å². The molecular formula is C13H25NO4. The fourth-order valence-electron chi connectivity index (χ4n) is 1.96. The first-order valence-corrected chi connectivity index (χ1v) is 6.65. The Labute approximate surface area is 109 Å². The van der Waals surface area contributed by atoms with Gasteiger partial charge in [0.25, 0.3) is 0 Å². The summed E-state index contributed by atoms with van der Waals surface area (Å²) in [5, 5.41) is 3.24. The molecule has 18 heavy (non-hydrogen) atoms. The first-order valence-electron chi connectivity index (χ1n) is 6.65. The van der Waals surface area contributed by atoms with Crippen LogP contribution < -0.4 is 5.32 Å². The zero-order chi connectivity index (χ0) is 13.4. The number of methoxy groups -OCH3 is 1. The van der Waals surface area contributed by atoms with E-state index in [0.717, 1.165) is 26.0 Å². The average molecular weight is 259 g/mol. The molecule has 0 spiro atoms. The highest BCUT2D eigenvalue weighted by molar-refractivity contribution is 5.80. The summed E-state index contributed by atoms with van der Waals surface area (Å²) in [5.41, 5.74) is -0.662. The lowest BCUT2D eigenvalue weighted by Crippen LogP contribution is -2.51. The van der Waals surface area contributed by atoms with Gasteiger partial charge in [-0.15, -0.1) is 0 Å². The molecule has 0 radical (unpaired) electrons. The Morgan fingerprint density at radius 3 is 2.89 bits per heavy atom. The maximum Gasteiger partial charge on any atom is 0.325 e. The minimum absolute atomic E-state index is 0.179. The Morgan fingerprint density at radius 2 is 2.33 bits per heavy atom. The molecule has 5 nitrogen and oxygen atoms in total. The van der Waals surface area contributed by atoms with Crippen molar-refractivity contribution >= 4 is 5.97 Å². The molecule has 106 valence electrons. The Bertz CT molecular complexity index is 253. The highest BCUT2D eigenvalue weighted by Gasteiger charge is 2.33. The van der Waals surface area contributed by atoms with Gasteiger partial charge in [0.1, 0.15) is 5.54 Å². The topological polar surface area (TPSA) is 56.8 Å². The van der Waals surface area contributed by atoms with Gasteiger partial charge < -0.3 is 19.5 Å². The second-order valence-corrected chi connectivity index (χ2v) is 4.86. The van der Waals surface area contributed by atoms with E-state index in [1.165, 1.54) is 7.11 Å². The minimum atomic E-state index is -0.662. The zero-order valence-corrected chi connectivity index (χ0v) is 11.7. The quantitative estimate of drug-likeness (QED) is 0.662. The molecule has 1 aliphatic rings. The summed E-state index contributed by atoms with van der Waals surface area (Å²) in [6, 6.07) is 0. The van der Waals surface area contributed by atoms with Crippen molar-refractivity contribution in [1.82, 2.24) is 5.32 Å². The first kappa shape index (κ1) is 15.4. The first-order chi connectivity index (χ1) is 8.62. The summed E-state index contributed by atoms with van der Waals surface area (Å²) in [7, 11) is 1.42. The van der Waals surface area contributed by atoms with Gasteiger partial charge in [0, 0.05) is 13.2 Å². The highest BCUT2D eigenvalue weighted by Crippen LogP contribution is 2.15. The van der Waals surface area contributed by atoms with Crippen LogP contribution in [0, 0.1) is 0 Å². The van der Waals surface area contributed by atoms with Crippen LogP contribution in [0.5, 0.6) is 0 Å². The molecule has 1 fully saturated rings. The highest BCUT2D eigenvalue weighted by atomic mass is 16.5. The maximum absolute atomic E-state index is 11.8. The molecule has 1 saturated heterocycles. The number of ether oxygens (including phenoxy) is 3. The van der Waals surface area contributed by atoms with Crippen LogP contribution in [0.1, 0.15) is 33.1 Å². The smallest absolute Gasteiger partial charge is 0.325 e. The lowest BCUT2D eigenvalue weighted by molar-refractivity contribution is -0.149. The van der Waals surface area contributed by atoms with Crippen LogP contribution in [0.4, 0.5) is 0 Å². The zero-order valence-electron chi connectivity index (χ0n) is 11.7. The molecule has 1 aliphatic heterocycles. The van der Waals surface area contributed by atoms with Crippen molar-refractivity contribution in [2.24, 2.45) is 0 Å². The van der Waals surface area contributed by atoms with Crippen molar-refractivity contribution < 1.29 is 19.0 Å². The summed E-state index contributed by atoms with van der Waals surface area (Å²) in [6.07, 6.45) is 2.70. The summed E-state index contributed by atoms with van der Waals surface area (Å²) >= 11 is 0. The van der Waals surface area contributed by atoms with Crippen molar-refractivity contribution in [2.45, 2.75) is 44.8 Å². The van der Waals surface area contributed by atoms with Gasteiger partial charge >= 0.3 is 5.97 Å². The molecule has 0 bridgehead atoms. The van der Waals surface area contributed by atoms with Crippen LogP contribution in [0.3, 0.4) is 0 Å². The largest absolute Gasteiger partial charge is 0.468 e. The van der Waals surface area contributed by atoms with E-state index in [0.29, 0.717) is 19.6 Å². The van der Waals surface area contributed by atoms with Crippen LogP contribution in [-0.2, 0) is 19.0 Å². The molecule has 1 rings (SSSR count). The third kappa shape index (κ3) is 4.55. The molecule has 2 atom stereocenters. The van der Waals surface area contributed by atoms with Crippen molar-refractivity contribution in [2.75, 3.05) is 33.5 Å². The second-order valence-electron chi connectivity index (χ2n) is 4.86. The van der Waals surface area contributed by atoms with Crippen LogP contribution >= 0.6 is 0 Å². The van der Waals surface area contributed by atoms with Crippen LogP contribution in [-0.4, -0.2) is 51.1 Å². The lowest BCUT2D eigenvalue weighted by atomic mass is 9.98. The van der Waals surface area contributed by atoms with Crippen molar-refractivity contribution in [1.29, 1.82) is 0 Å². The fraction of sp³-hybridized carbons (Fsp3) is 0.923. The summed E-state index contributed by atoms with van der Waals surface area (Å²) < 4.78 is 15.8. The number of hydrogen-bond acceptors (Lipinski definition) is 5. The Hall–Kier alpha value is -0.650. The third-order valence-electron chi connectivity index (χ3n) is 3.24. The van der Waals surface area contributed by atoms with E-state index in [1.54, 1.807) is 0 Å².